The first-order chi connectivity index (χ1) is 9.74. The van der Waals surface area contributed by atoms with Gasteiger partial charge < -0.3 is 11.1 Å². The summed E-state index contributed by atoms with van der Waals surface area (Å²) in [5.41, 5.74) is 7.04. The van der Waals surface area contributed by atoms with Gasteiger partial charge in [-0.25, -0.2) is 4.98 Å². The first-order valence-electron chi connectivity index (χ1n) is 6.98. The van der Waals surface area contributed by atoms with Crippen molar-refractivity contribution in [1.29, 1.82) is 0 Å². The number of hydrogen-bond donors (Lipinski definition) is 2. The van der Waals surface area contributed by atoms with E-state index in [4.69, 9.17) is 5.73 Å². The molecule has 1 heterocycles. The summed E-state index contributed by atoms with van der Waals surface area (Å²) >= 11 is 1.49. The van der Waals surface area contributed by atoms with E-state index in [1.165, 1.54) is 16.9 Å². The van der Waals surface area contributed by atoms with Crippen molar-refractivity contribution in [2.75, 3.05) is 30.7 Å². The van der Waals surface area contributed by atoms with Crippen molar-refractivity contribution in [2.24, 2.45) is 0 Å². The molecule has 4 nitrogen and oxygen atoms in total. The Labute approximate surface area is 124 Å². The summed E-state index contributed by atoms with van der Waals surface area (Å²) in [6.07, 6.45) is 1.70. The zero-order valence-electron chi connectivity index (χ0n) is 12.0. The van der Waals surface area contributed by atoms with Gasteiger partial charge >= 0.3 is 0 Å². The molecule has 0 amide bonds. The highest BCUT2D eigenvalue weighted by molar-refractivity contribution is 7.19. The number of nitrogens with one attached hydrogen (secondary N) is 1. The Morgan fingerprint density at radius 1 is 1.25 bits per heavy atom. The molecule has 2 rings (SSSR count). The third-order valence-corrected chi connectivity index (χ3v) is 4.19. The number of nitrogen functional groups attached to an aromatic ring is 1. The predicted octanol–water partition coefficient (Wildman–Crippen LogP) is 3.22. The second-order valence-corrected chi connectivity index (χ2v) is 5.66. The van der Waals surface area contributed by atoms with Gasteiger partial charge in [-0.3, -0.25) is 4.90 Å². The first kappa shape index (κ1) is 14.8. The number of likely N-dealkylation sites (N-methyl/N-ethyl adjacent to an activating group) is 1. The fourth-order valence-electron chi connectivity index (χ4n) is 2.35. The Hall–Kier alpha value is -1.59. The van der Waals surface area contributed by atoms with Gasteiger partial charge in [0, 0.05) is 6.54 Å². The molecule has 0 aliphatic rings. The largest absolute Gasteiger partial charge is 0.389 e. The number of nitrogens with zero attached hydrogens (tertiary/aromatic N) is 2. The lowest BCUT2D eigenvalue weighted by Gasteiger charge is -2.30. The molecular formula is C15H22N4S. The molecule has 0 fully saturated rings. The molecule has 1 atom stereocenters. The molecule has 108 valence electrons. The second-order valence-electron chi connectivity index (χ2n) is 4.60. The summed E-state index contributed by atoms with van der Waals surface area (Å²) in [5.74, 6) is 0. The van der Waals surface area contributed by atoms with Gasteiger partial charge in [0.15, 0.2) is 5.13 Å². The summed E-state index contributed by atoms with van der Waals surface area (Å²) < 4.78 is 0. The number of nitrogens with two attached hydrogens (primary N) is 1. The number of benzene rings is 1. The highest BCUT2D eigenvalue weighted by atomic mass is 32.1. The van der Waals surface area contributed by atoms with Gasteiger partial charge in [0.1, 0.15) is 5.00 Å². The Kier molecular flexibility index (Phi) is 5.38. The van der Waals surface area contributed by atoms with Crippen molar-refractivity contribution >= 4 is 21.5 Å². The lowest BCUT2D eigenvalue weighted by molar-refractivity contribution is 0.228. The van der Waals surface area contributed by atoms with Crippen LogP contribution in [0.2, 0.25) is 0 Å². The molecule has 20 heavy (non-hydrogen) atoms. The normalized spacial score (nSPS) is 12.6. The van der Waals surface area contributed by atoms with Crippen LogP contribution in [0, 0.1) is 0 Å². The summed E-state index contributed by atoms with van der Waals surface area (Å²) in [7, 11) is 0. The zero-order valence-corrected chi connectivity index (χ0v) is 12.9. The van der Waals surface area contributed by atoms with Crippen molar-refractivity contribution in [1.82, 2.24) is 9.88 Å². The zero-order chi connectivity index (χ0) is 14.4. The molecule has 0 saturated carbocycles. The van der Waals surface area contributed by atoms with Crippen molar-refractivity contribution in [3.8, 4) is 0 Å². The molecule has 2 aromatic rings. The number of anilines is 2. The molecule has 0 radical (unpaired) electrons. The van der Waals surface area contributed by atoms with E-state index in [1.807, 2.05) is 0 Å². The summed E-state index contributed by atoms with van der Waals surface area (Å²) in [6, 6.07) is 10.9. The van der Waals surface area contributed by atoms with E-state index in [1.54, 1.807) is 6.20 Å². The molecule has 1 unspecified atom stereocenters. The standard InChI is InChI=1S/C15H22N4S/c1-3-19(4-2)13(12-8-6-5-7-9-12)10-17-15-18-11-14(16)20-15/h5-9,11,13H,3-4,10,16H2,1-2H3,(H,17,18). The maximum Gasteiger partial charge on any atom is 0.184 e. The van der Waals surface area contributed by atoms with Gasteiger partial charge in [-0.1, -0.05) is 55.5 Å². The van der Waals surface area contributed by atoms with E-state index < -0.39 is 0 Å². The SMILES string of the molecule is CCN(CC)C(CNc1ncc(N)s1)c1ccccc1. The van der Waals surface area contributed by atoms with E-state index in [-0.39, 0.29) is 0 Å². The van der Waals surface area contributed by atoms with Crippen LogP contribution in [0.3, 0.4) is 0 Å². The van der Waals surface area contributed by atoms with Crippen LogP contribution in [0.15, 0.2) is 36.5 Å². The first-order valence-corrected chi connectivity index (χ1v) is 7.80. The minimum Gasteiger partial charge on any atom is -0.389 e. The molecule has 0 aliphatic carbocycles. The summed E-state index contributed by atoms with van der Waals surface area (Å²) in [4.78, 5) is 6.70. The van der Waals surface area contributed by atoms with Crippen LogP contribution in [0.25, 0.3) is 0 Å². The van der Waals surface area contributed by atoms with E-state index in [9.17, 15) is 0 Å². The summed E-state index contributed by atoms with van der Waals surface area (Å²) in [5, 5.41) is 5.03. The average Bonchev–Trinajstić information content (AvgIpc) is 2.90. The van der Waals surface area contributed by atoms with Gasteiger partial charge in [-0.05, 0) is 18.7 Å². The van der Waals surface area contributed by atoms with Gasteiger partial charge in [-0.15, -0.1) is 0 Å². The second kappa shape index (κ2) is 7.26. The Balaban J connectivity index is 2.10. The third-order valence-electron chi connectivity index (χ3n) is 3.41. The Morgan fingerprint density at radius 3 is 2.50 bits per heavy atom. The van der Waals surface area contributed by atoms with Crippen LogP contribution < -0.4 is 11.1 Å². The quantitative estimate of drug-likeness (QED) is 0.822. The minimum atomic E-state index is 0.344. The van der Waals surface area contributed by atoms with Crippen molar-refractivity contribution in [3.63, 3.8) is 0 Å². The number of rotatable bonds is 7. The van der Waals surface area contributed by atoms with Gasteiger partial charge in [0.2, 0.25) is 0 Å². The lowest BCUT2D eigenvalue weighted by atomic mass is 10.1. The maximum absolute atomic E-state index is 5.71. The molecule has 0 bridgehead atoms. The summed E-state index contributed by atoms with van der Waals surface area (Å²) in [6.45, 7) is 7.27. The fourth-order valence-corrected chi connectivity index (χ4v) is 2.94. The van der Waals surface area contributed by atoms with Crippen molar-refractivity contribution < 1.29 is 0 Å². The maximum atomic E-state index is 5.71. The van der Waals surface area contributed by atoms with Crippen molar-refractivity contribution in [2.45, 2.75) is 19.9 Å². The van der Waals surface area contributed by atoms with Crippen LogP contribution in [0.4, 0.5) is 10.1 Å². The van der Waals surface area contributed by atoms with Crippen LogP contribution in [0.1, 0.15) is 25.5 Å². The Morgan fingerprint density at radius 2 is 1.95 bits per heavy atom. The number of aromatic nitrogens is 1. The molecule has 1 aromatic carbocycles. The number of thiazole rings is 1. The van der Waals surface area contributed by atoms with E-state index in [0.717, 1.165) is 29.8 Å². The van der Waals surface area contributed by atoms with Gasteiger partial charge in [0.05, 0.1) is 12.2 Å². The predicted molar refractivity (Wildman–Crippen MR) is 87.1 cm³/mol. The smallest absolute Gasteiger partial charge is 0.184 e. The molecular weight excluding hydrogens is 268 g/mol. The molecule has 5 heteroatoms. The van der Waals surface area contributed by atoms with Crippen LogP contribution in [-0.2, 0) is 0 Å². The van der Waals surface area contributed by atoms with Crippen LogP contribution in [-0.4, -0.2) is 29.5 Å². The molecule has 0 saturated heterocycles. The van der Waals surface area contributed by atoms with E-state index in [0.29, 0.717) is 6.04 Å². The Bertz CT molecular complexity index is 508. The van der Waals surface area contributed by atoms with Gasteiger partial charge in [-0.2, -0.15) is 0 Å². The molecule has 3 N–H and O–H groups in total. The molecule has 0 aliphatic heterocycles. The van der Waals surface area contributed by atoms with Crippen LogP contribution >= 0.6 is 11.3 Å². The third kappa shape index (κ3) is 3.71. The average molecular weight is 290 g/mol. The number of hydrogen-bond acceptors (Lipinski definition) is 5. The highest BCUT2D eigenvalue weighted by Crippen LogP contribution is 2.24. The fraction of sp³-hybridized carbons (Fsp3) is 0.400. The van der Waals surface area contributed by atoms with Gasteiger partial charge in [0.25, 0.3) is 0 Å². The van der Waals surface area contributed by atoms with E-state index >= 15 is 0 Å². The monoisotopic (exact) mass is 290 g/mol. The lowest BCUT2D eigenvalue weighted by Crippen LogP contribution is -2.33. The topological polar surface area (TPSA) is 54.2 Å². The van der Waals surface area contributed by atoms with Crippen molar-refractivity contribution in [3.05, 3.63) is 42.1 Å². The highest BCUT2D eigenvalue weighted by Gasteiger charge is 2.17. The minimum absolute atomic E-state index is 0.344. The van der Waals surface area contributed by atoms with E-state index in [2.05, 4.69) is 59.4 Å². The molecule has 1 aromatic heterocycles. The van der Waals surface area contributed by atoms with Crippen LogP contribution in [0.5, 0.6) is 0 Å². The molecule has 0 spiro atoms.